The van der Waals surface area contributed by atoms with E-state index in [4.69, 9.17) is 0 Å². The molecular formula is C19H21N5. The van der Waals surface area contributed by atoms with Crippen LogP contribution in [0.5, 0.6) is 0 Å². The third kappa shape index (κ3) is 3.03. The van der Waals surface area contributed by atoms with Crippen molar-refractivity contribution in [2.75, 3.05) is 13.1 Å². The topological polar surface area (TPSA) is 49.7 Å². The van der Waals surface area contributed by atoms with Gasteiger partial charge in [0.15, 0.2) is 0 Å². The first-order valence-electron chi connectivity index (χ1n) is 8.24. The molecule has 1 atom stereocenters. The Morgan fingerprint density at radius 1 is 1.29 bits per heavy atom. The van der Waals surface area contributed by atoms with Crippen molar-refractivity contribution in [3.05, 3.63) is 77.6 Å². The lowest BCUT2D eigenvalue weighted by Crippen LogP contribution is -2.34. The Hall–Kier alpha value is -2.66. The van der Waals surface area contributed by atoms with Crippen LogP contribution in [0.2, 0.25) is 0 Å². The van der Waals surface area contributed by atoms with E-state index in [1.807, 2.05) is 24.0 Å². The Kier molecular flexibility index (Phi) is 4.01. The van der Waals surface area contributed by atoms with Crippen LogP contribution >= 0.6 is 0 Å². The number of nitrogens with one attached hydrogen (secondary N) is 1. The number of hydrogen-bond donors (Lipinski definition) is 1. The van der Waals surface area contributed by atoms with E-state index in [0.717, 1.165) is 25.3 Å². The van der Waals surface area contributed by atoms with Crippen molar-refractivity contribution < 1.29 is 0 Å². The largest absolute Gasteiger partial charge is 0.347 e. The van der Waals surface area contributed by atoms with Gasteiger partial charge in [0.25, 0.3) is 0 Å². The molecule has 0 saturated carbocycles. The number of nitrogens with zero attached hydrogens (tertiary/aromatic N) is 4. The number of rotatable bonds is 4. The molecule has 0 saturated heterocycles. The van der Waals surface area contributed by atoms with Crippen LogP contribution in [0.15, 0.2) is 55.1 Å². The number of imidazole rings is 1. The van der Waals surface area contributed by atoms with E-state index in [2.05, 4.69) is 62.6 Å². The number of benzene rings is 1. The first-order chi connectivity index (χ1) is 11.8. The lowest BCUT2D eigenvalue weighted by atomic mass is 9.93. The van der Waals surface area contributed by atoms with Crippen LogP contribution in [0.1, 0.15) is 28.4 Å². The molecule has 5 heteroatoms. The molecule has 2 aromatic heterocycles. The minimum Gasteiger partial charge on any atom is -0.347 e. The molecule has 0 radical (unpaired) electrons. The highest BCUT2D eigenvalue weighted by Gasteiger charge is 2.29. The van der Waals surface area contributed by atoms with E-state index in [-0.39, 0.29) is 5.92 Å². The highest BCUT2D eigenvalue weighted by molar-refractivity contribution is 5.48. The Labute approximate surface area is 141 Å². The molecule has 1 unspecified atom stereocenters. The minimum absolute atomic E-state index is 0.277. The molecule has 122 valence electrons. The van der Waals surface area contributed by atoms with Crippen LogP contribution in [-0.4, -0.2) is 37.7 Å². The first-order valence-corrected chi connectivity index (χ1v) is 8.24. The van der Waals surface area contributed by atoms with E-state index in [1.54, 1.807) is 6.33 Å². The summed E-state index contributed by atoms with van der Waals surface area (Å²) in [7, 11) is 1.96. The standard InChI is InChI=1S/C19H21N5/c1-23-11-16(10-22-23)17-12-24(13-18-19(17)21-14-20-18)9-5-8-15-6-3-2-4-7-15/h2-8,10-11,14,17H,9,12-13H2,1H3,(H,20,21). The van der Waals surface area contributed by atoms with Crippen LogP contribution in [0.25, 0.3) is 6.08 Å². The first kappa shape index (κ1) is 14.9. The van der Waals surface area contributed by atoms with Crippen molar-refractivity contribution in [3.8, 4) is 0 Å². The Morgan fingerprint density at radius 3 is 2.96 bits per heavy atom. The zero-order valence-electron chi connectivity index (χ0n) is 13.8. The van der Waals surface area contributed by atoms with Crippen molar-refractivity contribution in [3.63, 3.8) is 0 Å². The molecule has 0 bridgehead atoms. The molecule has 1 aliphatic heterocycles. The highest BCUT2D eigenvalue weighted by atomic mass is 15.2. The molecule has 1 N–H and O–H groups in total. The molecule has 3 aromatic rings. The summed E-state index contributed by atoms with van der Waals surface area (Å²) >= 11 is 0. The summed E-state index contributed by atoms with van der Waals surface area (Å²) in [6.07, 6.45) is 10.3. The SMILES string of the molecule is Cn1cc(C2CN(CC=Cc3ccccc3)Cc3[nH]cnc32)cn1. The zero-order chi connectivity index (χ0) is 16.4. The average Bonchev–Trinajstić information content (AvgIpc) is 3.24. The van der Waals surface area contributed by atoms with Crippen molar-refractivity contribution in [2.45, 2.75) is 12.5 Å². The fourth-order valence-corrected chi connectivity index (χ4v) is 3.32. The van der Waals surface area contributed by atoms with E-state index >= 15 is 0 Å². The number of aromatic amines is 1. The van der Waals surface area contributed by atoms with Crippen molar-refractivity contribution in [1.82, 2.24) is 24.6 Å². The van der Waals surface area contributed by atoms with Gasteiger partial charge in [0.2, 0.25) is 0 Å². The molecule has 5 nitrogen and oxygen atoms in total. The van der Waals surface area contributed by atoms with Crippen LogP contribution < -0.4 is 0 Å². The predicted molar refractivity (Wildman–Crippen MR) is 94.4 cm³/mol. The molecule has 24 heavy (non-hydrogen) atoms. The quantitative estimate of drug-likeness (QED) is 0.804. The molecule has 0 aliphatic carbocycles. The fourth-order valence-electron chi connectivity index (χ4n) is 3.32. The normalized spacial score (nSPS) is 18.1. The average molecular weight is 319 g/mol. The smallest absolute Gasteiger partial charge is 0.0925 e. The maximum absolute atomic E-state index is 4.55. The fraction of sp³-hybridized carbons (Fsp3) is 0.263. The van der Waals surface area contributed by atoms with Crippen LogP contribution in [0.4, 0.5) is 0 Å². The maximum Gasteiger partial charge on any atom is 0.0925 e. The molecule has 0 amide bonds. The van der Waals surface area contributed by atoms with Gasteiger partial charge in [0.1, 0.15) is 0 Å². The minimum atomic E-state index is 0.277. The van der Waals surface area contributed by atoms with Gasteiger partial charge in [-0.1, -0.05) is 42.5 Å². The van der Waals surface area contributed by atoms with E-state index in [0.29, 0.717) is 0 Å². The second kappa shape index (κ2) is 6.45. The van der Waals surface area contributed by atoms with Gasteiger partial charge in [-0.25, -0.2) is 4.98 Å². The van der Waals surface area contributed by atoms with Crippen molar-refractivity contribution in [1.29, 1.82) is 0 Å². The van der Waals surface area contributed by atoms with E-state index < -0.39 is 0 Å². The number of fused-ring (bicyclic) bond motifs is 1. The van der Waals surface area contributed by atoms with Gasteiger partial charge >= 0.3 is 0 Å². The van der Waals surface area contributed by atoms with Crippen LogP contribution in [0, 0.1) is 0 Å². The van der Waals surface area contributed by atoms with E-state index in [1.165, 1.54) is 16.8 Å². The summed E-state index contributed by atoms with van der Waals surface area (Å²) in [6.45, 7) is 2.79. The third-order valence-corrected chi connectivity index (χ3v) is 4.50. The Bertz CT molecular complexity index is 830. The number of aryl methyl sites for hydroxylation is 1. The zero-order valence-corrected chi connectivity index (χ0v) is 13.8. The lowest BCUT2D eigenvalue weighted by molar-refractivity contribution is 0.261. The monoisotopic (exact) mass is 319 g/mol. The summed E-state index contributed by atoms with van der Waals surface area (Å²) in [6, 6.07) is 10.4. The lowest BCUT2D eigenvalue weighted by Gasteiger charge is -2.30. The van der Waals surface area contributed by atoms with Crippen molar-refractivity contribution in [2.24, 2.45) is 7.05 Å². The molecule has 3 heterocycles. The highest BCUT2D eigenvalue weighted by Crippen LogP contribution is 2.31. The molecule has 1 aliphatic rings. The number of aromatic nitrogens is 4. The number of H-pyrrole nitrogens is 1. The van der Waals surface area contributed by atoms with Gasteiger partial charge in [0, 0.05) is 44.4 Å². The van der Waals surface area contributed by atoms with Gasteiger partial charge in [-0.3, -0.25) is 9.58 Å². The summed E-state index contributed by atoms with van der Waals surface area (Å²) in [4.78, 5) is 10.3. The molecule has 1 aromatic carbocycles. The van der Waals surface area contributed by atoms with Gasteiger partial charge in [-0.05, 0) is 5.56 Å². The summed E-state index contributed by atoms with van der Waals surface area (Å²) < 4.78 is 1.86. The van der Waals surface area contributed by atoms with Crippen LogP contribution in [0.3, 0.4) is 0 Å². The van der Waals surface area contributed by atoms with Crippen molar-refractivity contribution >= 4 is 6.08 Å². The Balaban J connectivity index is 1.51. The summed E-state index contributed by atoms with van der Waals surface area (Å²) in [5, 5.41) is 4.32. The third-order valence-electron chi connectivity index (χ3n) is 4.50. The van der Waals surface area contributed by atoms with Gasteiger partial charge in [-0.2, -0.15) is 5.10 Å². The van der Waals surface area contributed by atoms with Crippen LogP contribution in [-0.2, 0) is 13.6 Å². The molecule has 0 fully saturated rings. The molecule has 0 spiro atoms. The second-order valence-electron chi connectivity index (χ2n) is 6.27. The number of hydrogen-bond acceptors (Lipinski definition) is 3. The van der Waals surface area contributed by atoms with Gasteiger partial charge in [-0.15, -0.1) is 0 Å². The predicted octanol–water partition coefficient (Wildman–Crippen LogP) is 2.80. The second-order valence-corrected chi connectivity index (χ2v) is 6.27. The maximum atomic E-state index is 4.55. The summed E-state index contributed by atoms with van der Waals surface area (Å²) in [5.41, 5.74) is 4.83. The molecular weight excluding hydrogens is 298 g/mol. The summed E-state index contributed by atoms with van der Waals surface area (Å²) in [5.74, 6) is 0.277. The van der Waals surface area contributed by atoms with Gasteiger partial charge < -0.3 is 4.98 Å². The van der Waals surface area contributed by atoms with Gasteiger partial charge in [0.05, 0.1) is 23.9 Å². The Morgan fingerprint density at radius 2 is 2.17 bits per heavy atom. The van der Waals surface area contributed by atoms with E-state index in [9.17, 15) is 0 Å². The molecule has 4 rings (SSSR count).